The maximum absolute atomic E-state index is 12.5. The van der Waals surface area contributed by atoms with Gasteiger partial charge >= 0.3 is 0 Å². The lowest BCUT2D eigenvalue weighted by Crippen LogP contribution is -2.47. The summed E-state index contributed by atoms with van der Waals surface area (Å²) in [4.78, 5) is 12.5. The van der Waals surface area contributed by atoms with Gasteiger partial charge in [-0.25, -0.2) is 0 Å². The summed E-state index contributed by atoms with van der Waals surface area (Å²) in [5, 5.41) is 13.3. The SMILES string of the molecule is CC/C=C\C/C=C\C/C=C\C/C=C\C/C=C\C/C=C\CCC(=O)NC(CS(=O)(=O)O)C(O)CCCCCCCCCCCCCCCCCC. The van der Waals surface area contributed by atoms with E-state index in [1.54, 1.807) is 0 Å². The third-order valence-electron chi connectivity index (χ3n) is 8.69. The molecule has 7 heteroatoms. The second kappa shape index (κ2) is 36.6. The van der Waals surface area contributed by atoms with Crippen LogP contribution in [0.25, 0.3) is 0 Å². The second-order valence-electron chi connectivity index (χ2n) is 13.5. The third-order valence-corrected chi connectivity index (χ3v) is 9.47. The van der Waals surface area contributed by atoms with Crippen LogP contribution in [-0.4, -0.2) is 41.9 Å². The summed E-state index contributed by atoms with van der Waals surface area (Å²) < 4.78 is 32.5. The lowest BCUT2D eigenvalue weighted by Gasteiger charge is -2.23. The van der Waals surface area contributed by atoms with E-state index in [9.17, 15) is 22.9 Å². The first-order chi connectivity index (χ1) is 24.3. The molecule has 0 saturated heterocycles. The first kappa shape index (κ1) is 47.8. The smallest absolute Gasteiger partial charge is 0.266 e. The highest BCUT2D eigenvalue weighted by Crippen LogP contribution is 2.15. The number of allylic oxidation sites excluding steroid dienone is 12. The van der Waals surface area contributed by atoms with Crippen LogP contribution in [0.3, 0.4) is 0 Å². The number of aliphatic hydroxyl groups excluding tert-OH is 1. The topological polar surface area (TPSA) is 104 Å². The van der Waals surface area contributed by atoms with Gasteiger partial charge < -0.3 is 10.4 Å². The fourth-order valence-electron chi connectivity index (χ4n) is 5.71. The Bertz CT molecular complexity index is 1060. The zero-order valence-corrected chi connectivity index (χ0v) is 32.8. The Morgan fingerprint density at radius 2 is 0.920 bits per heavy atom. The summed E-state index contributed by atoms with van der Waals surface area (Å²) in [5.41, 5.74) is 0. The molecule has 0 rings (SSSR count). The van der Waals surface area contributed by atoms with Crippen molar-refractivity contribution in [3.05, 3.63) is 72.9 Å². The van der Waals surface area contributed by atoms with E-state index in [1.165, 1.54) is 83.5 Å². The fraction of sp³-hybridized carbons (Fsp3) is 0.698. The molecule has 6 nitrogen and oxygen atoms in total. The molecule has 0 aliphatic heterocycles. The Labute approximate surface area is 308 Å². The van der Waals surface area contributed by atoms with Crippen LogP contribution in [-0.2, 0) is 14.9 Å². The predicted molar refractivity (Wildman–Crippen MR) is 216 cm³/mol. The summed E-state index contributed by atoms with van der Waals surface area (Å²) in [7, 11) is -4.34. The van der Waals surface area contributed by atoms with E-state index >= 15 is 0 Å². The molecule has 2 unspecified atom stereocenters. The maximum Gasteiger partial charge on any atom is 0.266 e. The van der Waals surface area contributed by atoms with Crippen molar-refractivity contribution in [2.24, 2.45) is 0 Å². The van der Waals surface area contributed by atoms with Crippen LogP contribution in [0.5, 0.6) is 0 Å². The number of nitrogens with one attached hydrogen (secondary N) is 1. The van der Waals surface area contributed by atoms with Gasteiger partial charge in [0.25, 0.3) is 10.1 Å². The minimum absolute atomic E-state index is 0.190. The van der Waals surface area contributed by atoms with Crippen LogP contribution in [0.15, 0.2) is 72.9 Å². The van der Waals surface area contributed by atoms with Gasteiger partial charge in [-0.3, -0.25) is 9.35 Å². The zero-order valence-electron chi connectivity index (χ0n) is 32.0. The molecule has 0 aromatic carbocycles. The van der Waals surface area contributed by atoms with Crippen molar-refractivity contribution in [1.29, 1.82) is 0 Å². The highest BCUT2D eigenvalue weighted by atomic mass is 32.2. The minimum Gasteiger partial charge on any atom is -0.391 e. The van der Waals surface area contributed by atoms with Gasteiger partial charge in [0.05, 0.1) is 17.9 Å². The molecule has 3 N–H and O–H groups in total. The number of aliphatic hydroxyl groups is 1. The molecule has 0 spiro atoms. The van der Waals surface area contributed by atoms with Gasteiger partial charge in [0.15, 0.2) is 0 Å². The van der Waals surface area contributed by atoms with Gasteiger partial charge in [-0.2, -0.15) is 8.42 Å². The molecule has 0 aromatic rings. The van der Waals surface area contributed by atoms with E-state index in [0.717, 1.165) is 57.8 Å². The van der Waals surface area contributed by atoms with Crippen LogP contribution in [0.1, 0.15) is 174 Å². The number of hydrogen-bond donors (Lipinski definition) is 3. The van der Waals surface area contributed by atoms with Crippen LogP contribution >= 0.6 is 0 Å². The largest absolute Gasteiger partial charge is 0.391 e. The first-order valence-corrected chi connectivity index (χ1v) is 21.7. The molecular weight excluding hydrogens is 643 g/mol. The third kappa shape index (κ3) is 37.0. The van der Waals surface area contributed by atoms with Crippen molar-refractivity contribution in [1.82, 2.24) is 5.32 Å². The molecule has 0 radical (unpaired) electrons. The van der Waals surface area contributed by atoms with Crippen molar-refractivity contribution in [2.75, 3.05) is 5.75 Å². The average molecular weight is 718 g/mol. The molecule has 0 bridgehead atoms. The normalized spacial score (nSPS) is 14.1. The molecule has 0 fully saturated rings. The summed E-state index contributed by atoms with van der Waals surface area (Å²) in [6, 6.07) is -1.01. The van der Waals surface area contributed by atoms with Gasteiger partial charge in [-0.15, -0.1) is 0 Å². The Hall–Kier alpha value is -2.22. The van der Waals surface area contributed by atoms with Gasteiger partial charge in [0, 0.05) is 6.42 Å². The van der Waals surface area contributed by atoms with E-state index in [2.05, 4.69) is 79.9 Å². The minimum atomic E-state index is -4.34. The van der Waals surface area contributed by atoms with E-state index in [0.29, 0.717) is 12.8 Å². The van der Waals surface area contributed by atoms with Crippen LogP contribution in [0.4, 0.5) is 0 Å². The number of carbonyl (C=O) groups excluding carboxylic acids is 1. The Morgan fingerprint density at radius 1 is 0.560 bits per heavy atom. The number of unbranched alkanes of at least 4 members (excludes halogenated alkanes) is 15. The highest BCUT2D eigenvalue weighted by Gasteiger charge is 2.25. The molecule has 0 aliphatic rings. The summed E-state index contributed by atoms with van der Waals surface area (Å²) in [6.45, 7) is 4.40. The van der Waals surface area contributed by atoms with Crippen LogP contribution in [0, 0.1) is 0 Å². The van der Waals surface area contributed by atoms with E-state index in [-0.39, 0.29) is 12.3 Å². The van der Waals surface area contributed by atoms with Crippen molar-refractivity contribution in [2.45, 2.75) is 187 Å². The van der Waals surface area contributed by atoms with Gasteiger partial charge in [0.2, 0.25) is 5.91 Å². The zero-order chi connectivity index (χ0) is 36.8. The molecule has 50 heavy (non-hydrogen) atoms. The van der Waals surface area contributed by atoms with Gasteiger partial charge in [0.1, 0.15) is 0 Å². The number of rotatable bonds is 35. The number of hydrogen-bond acceptors (Lipinski definition) is 4. The van der Waals surface area contributed by atoms with E-state index in [4.69, 9.17) is 0 Å². The van der Waals surface area contributed by atoms with Crippen molar-refractivity contribution >= 4 is 16.0 Å². The lowest BCUT2D eigenvalue weighted by molar-refractivity contribution is -0.122. The van der Waals surface area contributed by atoms with Crippen LogP contribution in [0.2, 0.25) is 0 Å². The highest BCUT2D eigenvalue weighted by molar-refractivity contribution is 7.85. The quantitative estimate of drug-likeness (QED) is 0.0344. The summed E-state index contributed by atoms with van der Waals surface area (Å²) in [5.74, 6) is -1.01. The second-order valence-corrected chi connectivity index (χ2v) is 15.0. The summed E-state index contributed by atoms with van der Waals surface area (Å²) in [6.07, 6.45) is 51.4. The van der Waals surface area contributed by atoms with E-state index in [1.807, 2.05) is 12.2 Å². The van der Waals surface area contributed by atoms with Gasteiger partial charge in [-0.1, -0.05) is 189 Å². The van der Waals surface area contributed by atoms with Gasteiger partial charge in [-0.05, 0) is 51.4 Å². The number of carbonyl (C=O) groups is 1. The number of amides is 1. The summed E-state index contributed by atoms with van der Waals surface area (Å²) >= 11 is 0. The molecule has 1 amide bonds. The molecule has 0 aromatic heterocycles. The predicted octanol–water partition coefficient (Wildman–Crippen LogP) is 11.8. The fourth-order valence-corrected chi connectivity index (χ4v) is 6.47. The molecule has 0 aliphatic carbocycles. The Balaban J connectivity index is 4.04. The van der Waals surface area contributed by atoms with Crippen LogP contribution < -0.4 is 5.32 Å². The van der Waals surface area contributed by atoms with E-state index < -0.39 is 28.0 Å². The molecule has 288 valence electrons. The molecule has 0 saturated carbocycles. The molecule has 0 heterocycles. The standard InChI is InChI=1S/C43H75NO5S/c1-3-5-7-9-11-13-15-17-19-21-22-23-25-27-29-31-33-35-37-39-43(46)44-41(40-50(47,48)49)42(45)38-36-34-32-30-28-26-24-20-18-16-14-12-10-8-6-4-2/h5,7,11,13,17,19,22-23,27,29,33,35,41-42,45H,3-4,6,8-10,12,14-16,18,20-21,24-26,28,30-32,34,36-40H2,1-2H3,(H,44,46)(H,47,48,49)/b7-5-,13-11-,19-17-,23-22-,29-27-,35-33-. The van der Waals surface area contributed by atoms with Crippen molar-refractivity contribution < 1.29 is 22.9 Å². The Kier molecular flexibility index (Phi) is 34.9. The first-order valence-electron chi connectivity index (χ1n) is 20.1. The van der Waals surface area contributed by atoms with Crippen molar-refractivity contribution in [3.63, 3.8) is 0 Å². The lowest BCUT2D eigenvalue weighted by atomic mass is 10.0. The molecule has 2 atom stereocenters. The Morgan fingerprint density at radius 3 is 1.30 bits per heavy atom. The van der Waals surface area contributed by atoms with Crippen molar-refractivity contribution in [3.8, 4) is 0 Å². The monoisotopic (exact) mass is 718 g/mol. The maximum atomic E-state index is 12.5. The average Bonchev–Trinajstić information content (AvgIpc) is 3.08. The molecular formula is C43H75NO5S.